The van der Waals surface area contributed by atoms with Crippen molar-refractivity contribution in [2.75, 3.05) is 0 Å². The molecule has 70 valence electrons. The quantitative estimate of drug-likeness (QED) is 0.554. The van der Waals surface area contributed by atoms with Crippen LogP contribution in [-0.2, 0) is 17.1 Å². The molecule has 0 aromatic rings. The van der Waals surface area contributed by atoms with E-state index in [4.69, 9.17) is 5.11 Å². The first-order valence-electron chi connectivity index (χ1n) is 4.39. The first kappa shape index (κ1) is 11.5. The maximum Gasteiger partial charge on any atom is 1.00 e. The van der Waals surface area contributed by atoms with Gasteiger partial charge in [0.25, 0.3) is 0 Å². The second-order valence-corrected chi connectivity index (χ2v) is 3.26. The van der Waals surface area contributed by atoms with Crippen molar-refractivity contribution >= 4 is 0 Å². The minimum absolute atomic E-state index is 0. The van der Waals surface area contributed by atoms with E-state index in [1.54, 1.807) is 0 Å². The van der Waals surface area contributed by atoms with Crippen LogP contribution < -0.4 is 0 Å². The van der Waals surface area contributed by atoms with Crippen LogP contribution in [0, 0.1) is 12.5 Å². The monoisotopic (exact) mass is 204 g/mol. The number of hydrogen-bond acceptors (Lipinski definition) is 1. The summed E-state index contributed by atoms with van der Waals surface area (Å²) in [5.41, 5.74) is 0. The third kappa shape index (κ3) is 4.84. The van der Waals surface area contributed by atoms with Gasteiger partial charge < -0.3 is 5.11 Å². The summed E-state index contributed by atoms with van der Waals surface area (Å²) < 4.78 is 0. The molecule has 0 saturated heterocycles. The Balaban J connectivity index is 0.000001000. The molecule has 0 atom stereocenters. The molecular formula is C9H17CuO. The van der Waals surface area contributed by atoms with Crippen LogP contribution in [0.25, 0.3) is 0 Å². The van der Waals surface area contributed by atoms with Crippen LogP contribution in [0.3, 0.4) is 0 Å². The Morgan fingerprint density at radius 2 is 1.82 bits per heavy atom. The molecule has 0 aliphatic heterocycles. The summed E-state index contributed by atoms with van der Waals surface area (Å²) in [4.78, 5) is 0. The topological polar surface area (TPSA) is 20.2 Å². The molecule has 1 saturated carbocycles. The number of aliphatic hydroxyl groups is 1. The molecule has 11 heavy (non-hydrogen) atoms. The largest absolute Gasteiger partial charge is 1.00 e. The average molecular weight is 205 g/mol. The zero-order valence-corrected chi connectivity index (χ0v) is 7.79. The summed E-state index contributed by atoms with van der Waals surface area (Å²) in [6.45, 7) is 1.30. The third-order valence-electron chi connectivity index (χ3n) is 2.43. The standard InChI is InChI=1S/C9H17O.Cu/c10-8-4-7-9-5-2-1-3-6-9;/h8-10H,1-7H2;/q-1;+1. The Morgan fingerprint density at radius 3 is 2.36 bits per heavy atom. The molecule has 0 spiro atoms. The second kappa shape index (κ2) is 7.15. The fraction of sp³-hybridized carbons (Fsp3) is 0.889. The van der Waals surface area contributed by atoms with Crippen molar-refractivity contribution in [2.45, 2.75) is 44.9 Å². The summed E-state index contributed by atoms with van der Waals surface area (Å²) in [5.74, 6) is 0.914. The Bertz CT molecular complexity index is 79.6. The predicted molar refractivity (Wildman–Crippen MR) is 42.0 cm³/mol. The number of hydrogen-bond donors (Lipinski definition) is 1. The molecule has 1 fully saturated rings. The zero-order chi connectivity index (χ0) is 7.23. The predicted octanol–water partition coefficient (Wildman–Crippen LogP) is 2.88. The molecular weight excluding hydrogens is 188 g/mol. The Hall–Kier alpha value is 0.479. The van der Waals surface area contributed by atoms with Crippen LogP contribution in [0.15, 0.2) is 0 Å². The van der Waals surface area contributed by atoms with E-state index in [9.17, 15) is 0 Å². The van der Waals surface area contributed by atoms with Crippen LogP contribution in [0.1, 0.15) is 44.9 Å². The Labute approximate surface area is 80.0 Å². The molecule has 1 nitrogen and oxygen atoms in total. The summed E-state index contributed by atoms with van der Waals surface area (Å²) in [6.07, 6.45) is 9.15. The van der Waals surface area contributed by atoms with Gasteiger partial charge in [-0.05, 0) is 5.92 Å². The van der Waals surface area contributed by atoms with Crippen LogP contribution in [-0.4, -0.2) is 5.11 Å². The third-order valence-corrected chi connectivity index (χ3v) is 2.43. The smallest absolute Gasteiger partial charge is 0.566 e. The van der Waals surface area contributed by atoms with E-state index < -0.39 is 0 Å². The fourth-order valence-corrected chi connectivity index (χ4v) is 1.79. The second-order valence-electron chi connectivity index (χ2n) is 3.26. The van der Waals surface area contributed by atoms with E-state index in [2.05, 4.69) is 0 Å². The van der Waals surface area contributed by atoms with Gasteiger partial charge in [0.15, 0.2) is 0 Å². The maximum absolute atomic E-state index is 8.47. The van der Waals surface area contributed by atoms with Crippen molar-refractivity contribution in [1.29, 1.82) is 0 Å². The van der Waals surface area contributed by atoms with Crippen molar-refractivity contribution in [1.82, 2.24) is 0 Å². The molecule has 0 aromatic carbocycles. The van der Waals surface area contributed by atoms with E-state index in [1.807, 2.05) is 0 Å². The molecule has 1 aliphatic rings. The van der Waals surface area contributed by atoms with Crippen molar-refractivity contribution in [3.63, 3.8) is 0 Å². The van der Waals surface area contributed by atoms with Crippen LogP contribution in [0.4, 0.5) is 0 Å². The molecule has 2 heteroatoms. The van der Waals surface area contributed by atoms with Gasteiger partial charge in [-0.3, -0.25) is 0 Å². The van der Waals surface area contributed by atoms with Gasteiger partial charge in [0, 0.05) is 0 Å². The van der Waals surface area contributed by atoms with Gasteiger partial charge in [0.05, 0.1) is 0 Å². The molecule has 0 radical (unpaired) electrons. The normalized spacial score (nSPS) is 19.4. The average Bonchev–Trinajstić information content (AvgIpc) is 2.03. The van der Waals surface area contributed by atoms with E-state index >= 15 is 0 Å². The van der Waals surface area contributed by atoms with Gasteiger partial charge in [-0.1, -0.05) is 38.5 Å². The summed E-state index contributed by atoms with van der Waals surface area (Å²) in [7, 11) is 0. The zero-order valence-electron chi connectivity index (χ0n) is 6.85. The summed E-state index contributed by atoms with van der Waals surface area (Å²) in [5, 5.41) is 8.47. The van der Waals surface area contributed by atoms with Gasteiger partial charge in [-0.2, -0.15) is 6.42 Å². The summed E-state index contributed by atoms with van der Waals surface area (Å²) >= 11 is 0. The molecule has 0 heterocycles. The van der Waals surface area contributed by atoms with Gasteiger partial charge >= 0.3 is 17.1 Å². The molecule has 1 aliphatic carbocycles. The molecule has 0 unspecified atom stereocenters. The minimum Gasteiger partial charge on any atom is -0.566 e. The summed E-state index contributed by atoms with van der Waals surface area (Å²) in [6, 6.07) is 0. The van der Waals surface area contributed by atoms with E-state index in [-0.39, 0.29) is 17.1 Å². The van der Waals surface area contributed by atoms with Gasteiger partial charge in [-0.15, -0.1) is 0 Å². The van der Waals surface area contributed by atoms with Crippen molar-refractivity contribution in [3.05, 3.63) is 6.61 Å². The van der Waals surface area contributed by atoms with Crippen LogP contribution in [0.5, 0.6) is 0 Å². The van der Waals surface area contributed by atoms with Crippen molar-refractivity contribution in [2.24, 2.45) is 5.92 Å². The first-order chi connectivity index (χ1) is 4.93. The molecule has 0 aromatic heterocycles. The molecule has 1 rings (SSSR count). The van der Waals surface area contributed by atoms with Crippen molar-refractivity contribution in [3.8, 4) is 0 Å². The van der Waals surface area contributed by atoms with E-state index in [0.717, 1.165) is 12.3 Å². The Kier molecular flexibility index (Phi) is 7.46. The fourth-order valence-electron chi connectivity index (χ4n) is 1.79. The number of aliphatic hydroxyl groups excluding tert-OH is 1. The van der Waals surface area contributed by atoms with E-state index in [0.29, 0.717) is 0 Å². The van der Waals surface area contributed by atoms with Gasteiger partial charge in [0.2, 0.25) is 0 Å². The molecule has 0 bridgehead atoms. The first-order valence-corrected chi connectivity index (χ1v) is 4.39. The van der Waals surface area contributed by atoms with Crippen LogP contribution >= 0.6 is 0 Å². The SMILES string of the molecule is O[CH-]CCC1CCCCC1.[Cu+]. The minimum atomic E-state index is 0. The van der Waals surface area contributed by atoms with Gasteiger partial charge in [0.1, 0.15) is 0 Å². The van der Waals surface area contributed by atoms with Crippen LogP contribution in [0.2, 0.25) is 0 Å². The van der Waals surface area contributed by atoms with Gasteiger partial charge in [-0.25, -0.2) is 6.61 Å². The number of rotatable bonds is 3. The Morgan fingerprint density at radius 1 is 1.18 bits per heavy atom. The maximum atomic E-state index is 8.47. The van der Waals surface area contributed by atoms with Crippen molar-refractivity contribution < 1.29 is 22.2 Å². The molecule has 1 N–H and O–H groups in total. The molecule has 0 amide bonds. The van der Waals surface area contributed by atoms with E-state index in [1.165, 1.54) is 45.1 Å².